The number of nitrogens with one attached hydrogen (secondary N) is 1. The number of hydrogen-bond acceptors (Lipinski definition) is 5. The van der Waals surface area contributed by atoms with Crippen LogP contribution in [-0.2, 0) is 4.79 Å². The van der Waals surface area contributed by atoms with Gasteiger partial charge in [0.1, 0.15) is 0 Å². The zero-order valence-corrected chi connectivity index (χ0v) is 16.9. The van der Waals surface area contributed by atoms with E-state index >= 15 is 0 Å². The molecule has 1 N–H and O–H groups in total. The first-order valence-corrected chi connectivity index (χ1v) is 8.90. The number of carbonyl (C=O) groups is 2. The zero-order chi connectivity index (χ0) is 20.7. The van der Waals surface area contributed by atoms with Crippen molar-refractivity contribution >= 4 is 17.5 Å². The molecule has 0 radical (unpaired) electrons. The fourth-order valence-electron chi connectivity index (χ4n) is 2.86. The molecule has 2 rings (SSSR count). The van der Waals surface area contributed by atoms with E-state index < -0.39 is 5.91 Å². The Morgan fingerprint density at radius 3 is 2.14 bits per heavy atom. The van der Waals surface area contributed by atoms with Gasteiger partial charge in [0.2, 0.25) is 11.7 Å². The monoisotopic (exact) mass is 386 g/mol. The summed E-state index contributed by atoms with van der Waals surface area (Å²) < 4.78 is 15.8. The zero-order valence-electron chi connectivity index (χ0n) is 16.9. The largest absolute Gasteiger partial charge is 0.493 e. The quantitative estimate of drug-likeness (QED) is 0.755. The number of rotatable bonds is 8. The molecule has 0 atom stereocenters. The summed E-state index contributed by atoms with van der Waals surface area (Å²) in [5.74, 6) is 0.526. The predicted molar refractivity (Wildman–Crippen MR) is 108 cm³/mol. The number of aryl methyl sites for hydroxylation is 1. The van der Waals surface area contributed by atoms with Gasteiger partial charge in [-0.05, 0) is 43.7 Å². The Morgan fingerprint density at radius 1 is 1.00 bits per heavy atom. The van der Waals surface area contributed by atoms with Crippen LogP contribution in [0.4, 0.5) is 5.69 Å². The first-order chi connectivity index (χ1) is 13.4. The lowest BCUT2D eigenvalue weighted by atomic mass is 10.1. The molecule has 2 aromatic carbocycles. The minimum atomic E-state index is -0.409. The van der Waals surface area contributed by atoms with Gasteiger partial charge in [0.25, 0.3) is 5.91 Å². The normalized spacial score (nSPS) is 10.2. The number of ether oxygens (including phenoxy) is 3. The summed E-state index contributed by atoms with van der Waals surface area (Å²) in [6, 6.07) is 10.7. The van der Waals surface area contributed by atoms with Crippen LogP contribution < -0.4 is 24.4 Å². The van der Waals surface area contributed by atoms with Crippen LogP contribution in [0.5, 0.6) is 17.2 Å². The second kappa shape index (κ2) is 9.64. The Hall–Kier alpha value is -3.22. The number of amides is 2. The van der Waals surface area contributed by atoms with Crippen LogP contribution in [0.2, 0.25) is 0 Å². The molecule has 0 aliphatic rings. The van der Waals surface area contributed by atoms with Crippen molar-refractivity contribution in [1.82, 2.24) is 5.32 Å². The van der Waals surface area contributed by atoms with Crippen molar-refractivity contribution in [2.24, 2.45) is 0 Å². The van der Waals surface area contributed by atoms with Gasteiger partial charge in [-0.2, -0.15) is 0 Å². The summed E-state index contributed by atoms with van der Waals surface area (Å²) in [7, 11) is 4.44. The van der Waals surface area contributed by atoms with Crippen molar-refractivity contribution in [3.05, 3.63) is 47.5 Å². The van der Waals surface area contributed by atoms with Gasteiger partial charge in [0.15, 0.2) is 11.5 Å². The molecule has 7 heteroatoms. The number of carbonyl (C=O) groups excluding carboxylic acids is 2. The molecule has 0 aromatic heterocycles. The van der Waals surface area contributed by atoms with Crippen molar-refractivity contribution in [3.8, 4) is 17.2 Å². The molecule has 7 nitrogen and oxygen atoms in total. The van der Waals surface area contributed by atoms with Crippen LogP contribution in [0, 0.1) is 6.92 Å². The van der Waals surface area contributed by atoms with Gasteiger partial charge in [0.05, 0.1) is 27.9 Å². The van der Waals surface area contributed by atoms with Crippen molar-refractivity contribution in [2.45, 2.75) is 13.8 Å². The Kier molecular flexibility index (Phi) is 7.26. The van der Waals surface area contributed by atoms with E-state index in [1.54, 1.807) is 17.0 Å². The lowest BCUT2D eigenvalue weighted by Gasteiger charge is -2.22. The third-order valence-corrected chi connectivity index (χ3v) is 4.26. The molecule has 0 bridgehead atoms. The van der Waals surface area contributed by atoms with Crippen molar-refractivity contribution in [2.75, 3.05) is 39.3 Å². The lowest BCUT2D eigenvalue weighted by molar-refractivity contribution is -0.117. The van der Waals surface area contributed by atoms with Crippen LogP contribution in [0.25, 0.3) is 0 Å². The molecule has 0 unspecified atom stereocenters. The third-order valence-electron chi connectivity index (χ3n) is 4.26. The summed E-state index contributed by atoms with van der Waals surface area (Å²) in [6.07, 6.45) is 0. The number of likely N-dealkylation sites (N-methyl/N-ethyl adjacent to an activating group) is 1. The third kappa shape index (κ3) is 4.73. The maximum atomic E-state index is 12.6. The van der Waals surface area contributed by atoms with Crippen molar-refractivity contribution in [1.29, 1.82) is 0 Å². The first-order valence-electron chi connectivity index (χ1n) is 8.90. The van der Waals surface area contributed by atoms with E-state index in [0.29, 0.717) is 29.4 Å². The smallest absolute Gasteiger partial charge is 0.251 e. The predicted octanol–water partition coefficient (Wildman–Crippen LogP) is 2.80. The Labute approximate surface area is 165 Å². The number of nitrogens with zero attached hydrogens (tertiary/aromatic N) is 1. The fourth-order valence-corrected chi connectivity index (χ4v) is 2.86. The van der Waals surface area contributed by atoms with Gasteiger partial charge >= 0.3 is 0 Å². The first kappa shape index (κ1) is 21.1. The molecule has 0 aliphatic carbocycles. The second-order valence-electron chi connectivity index (χ2n) is 6.07. The summed E-state index contributed by atoms with van der Waals surface area (Å²) in [5.41, 5.74) is 2.17. The van der Waals surface area contributed by atoms with Crippen LogP contribution in [0.3, 0.4) is 0 Å². The molecule has 2 amide bonds. The maximum Gasteiger partial charge on any atom is 0.251 e. The second-order valence-corrected chi connectivity index (χ2v) is 6.07. The topological polar surface area (TPSA) is 77.1 Å². The molecule has 0 heterocycles. The average molecular weight is 386 g/mol. The number of methoxy groups -OCH3 is 3. The van der Waals surface area contributed by atoms with Crippen LogP contribution in [0.15, 0.2) is 36.4 Å². The maximum absolute atomic E-state index is 12.6. The summed E-state index contributed by atoms with van der Waals surface area (Å²) in [5, 5.41) is 2.66. The molecule has 0 spiro atoms. The van der Waals surface area contributed by atoms with Crippen molar-refractivity contribution < 1.29 is 23.8 Å². The SMILES string of the molecule is CCN(C(=O)CNC(=O)c1cc(OC)c(OC)c(OC)c1)c1cccc(C)c1. The minimum Gasteiger partial charge on any atom is -0.493 e. The molecule has 2 aromatic rings. The highest BCUT2D eigenvalue weighted by Gasteiger charge is 2.19. The van der Waals surface area contributed by atoms with E-state index in [2.05, 4.69) is 5.32 Å². The number of hydrogen-bond donors (Lipinski definition) is 1. The summed E-state index contributed by atoms with van der Waals surface area (Å²) >= 11 is 0. The van der Waals surface area contributed by atoms with Crippen molar-refractivity contribution in [3.63, 3.8) is 0 Å². The average Bonchev–Trinajstić information content (AvgIpc) is 2.71. The van der Waals surface area contributed by atoms with Gasteiger partial charge in [-0.25, -0.2) is 0 Å². The van der Waals surface area contributed by atoms with E-state index in [-0.39, 0.29) is 12.5 Å². The summed E-state index contributed by atoms with van der Waals surface area (Å²) in [4.78, 5) is 26.8. The van der Waals surface area contributed by atoms with Crippen LogP contribution >= 0.6 is 0 Å². The molecule has 28 heavy (non-hydrogen) atoms. The van der Waals surface area contributed by atoms with Gasteiger partial charge in [-0.3, -0.25) is 9.59 Å². The van der Waals surface area contributed by atoms with Gasteiger partial charge in [-0.15, -0.1) is 0 Å². The molecule has 0 aliphatic heterocycles. The number of anilines is 1. The molecule has 0 saturated carbocycles. The van der Waals surface area contributed by atoms with Crippen LogP contribution in [0.1, 0.15) is 22.8 Å². The highest BCUT2D eigenvalue weighted by atomic mass is 16.5. The Bertz CT molecular complexity index is 825. The highest BCUT2D eigenvalue weighted by Crippen LogP contribution is 2.38. The Balaban J connectivity index is 2.13. The number of benzene rings is 2. The van der Waals surface area contributed by atoms with E-state index in [0.717, 1.165) is 11.3 Å². The molecular weight excluding hydrogens is 360 g/mol. The van der Waals surface area contributed by atoms with E-state index in [4.69, 9.17) is 14.2 Å². The van der Waals surface area contributed by atoms with Gasteiger partial charge in [0, 0.05) is 17.8 Å². The highest BCUT2D eigenvalue weighted by molar-refractivity contribution is 6.01. The standard InChI is InChI=1S/C21H26N2O5/c1-6-23(16-9-7-8-14(2)10-16)19(24)13-22-21(25)15-11-17(26-3)20(28-5)18(12-15)27-4/h7-12H,6,13H2,1-5H3,(H,22,25). The summed E-state index contributed by atoms with van der Waals surface area (Å²) in [6.45, 7) is 4.23. The van der Waals surface area contributed by atoms with Crippen LogP contribution in [-0.4, -0.2) is 46.2 Å². The molecular formula is C21H26N2O5. The molecule has 0 fully saturated rings. The fraction of sp³-hybridized carbons (Fsp3) is 0.333. The van der Waals surface area contributed by atoms with E-state index in [9.17, 15) is 9.59 Å². The lowest BCUT2D eigenvalue weighted by Crippen LogP contribution is -2.40. The van der Waals surface area contributed by atoms with E-state index in [1.165, 1.54) is 21.3 Å². The molecule has 0 saturated heterocycles. The van der Waals surface area contributed by atoms with Gasteiger partial charge in [-0.1, -0.05) is 12.1 Å². The van der Waals surface area contributed by atoms with Gasteiger partial charge < -0.3 is 24.4 Å². The Morgan fingerprint density at radius 2 is 1.64 bits per heavy atom. The van der Waals surface area contributed by atoms with E-state index in [1.807, 2.05) is 38.1 Å². The minimum absolute atomic E-state index is 0.128. The molecule has 150 valence electrons.